The fraction of sp³-hybridized carbons (Fsp3) is 0.385. The molecule has 1 rings (SSSR count). The number of phenolic OH excluding ortho intramolecular Hbond substituents is 1. The highest BCUT2D eigenvalue weighted by Gasteiger charge is 2.15. The van der Waals surface area contributed by atoms with Crippen LogP contribution < -0.4 is 0 Å². The van der Waals surface area contributed by atoms with Crippen LogP contribution >= 0.6 is 0 Å². The summed E-state index contributed by atoms with van der Waals surface area (Å²) in [5.74, 6) is -1.95. The molecule has 0 spiro atoms. The van der Waals surface area contributed by atoms with Gasteiger partial charge in [-0.1, -0.05) is 12.1 Å². The number of carboxylic acid groups (broad SMARTS) is 2. The lowest BCUT2D eigenvalue weighted by molar-refractivity contribution is -0.142. The van der Waals surface area contributed by atoms with Gasteiger partial charge in [-0.15, -0.1) is 0 Å². The van der Waals surface area contributed by atoms with E-state index in [1.165, 1.54) is 4.90 Å². The van der Waals surface area contributed by atoms with Gasteiger partial charge in [-0.3, -0.25) is 14.5 Å². The molecule has 0 heterocycles. The fourth-order valence-corrected chi connectivity index (χ4v) is 1.95. The summed E-state index contributed by atoms with van der Waals surface area (Å²) in [5, 5.41) is 27.2. The molecule has 0 radical (unpaired) electrons. The standard InChI is InChI=1S/C13H17NO5/c1-8-3-10(4-9(2)13(8)19)5-14(6-11(15)16)7-12(17)18/h3-4,19H,5-7H2,1-2H3,(H,15,16)(H,17,18). The summed E-state index contributed by atoms with van der Waals surface area (Å²) in [7, 11) is 0. The van der Waals surface area contributed by atoms with Crippen LogP contribution in [-0.4, -0.2) is 45.2 Å². The van der Waals surface area contributed by atoms with Gasteiger partial charge in [0.2, 0.25) is 0 Å². The number of aromatic hydroxyl groups is 1. The summed E-state index contributed by atoms with van der Waals surface area (Å²) in [6.45, 7) is 3.01. The van der Waals surface area contributed by atoms with Crippen LogP contribution in [0.25, 0.3) is 0 Å². The van der Waals surface area contributed by atoms with Crippen LogP contribution in [0.15, 0.2) is 12.1 Å². The molecule has 0 bridgehead atoms. The zero-order valence-electron chi connectivity index (χ0n) is 10.9. The highest BCUT2D eigenvalue weighted by Crippen LogP contribution is 2.23. The smallest absolute Gasteiger partial charge is 0.317 e. The van der Waals surface area contributed by atoms with Crippen LogP contribution in [0.5, 0.6) is 5.75 Å². The Balaban J connectivity index is 2.89. The van der Waals surface area contributed by atoms with Crippen LogP contribution in [0, 0.1) is 13.8 Å². The van der Waals surface area contributed by atoms with Crippen molar-refractivity contribution < 1.29 is 24.9 Å². The van der Waals surface area contributed by atoms with Crippen molar-refractivity contribution in [2.24, 2.45) is 0 Å². The van der Waals surface area contributed by atoms with Crippen molar-refractivity contribution in [3.05, 3.63) is 28.8 Å². The molecule has 0 saturated heterocycles. The zero-order valence-corrected chi connectivity index (χ0v) is 10.9. The third-order valence-electron chi connectivity index (χ3n) is 2.67. The molecule has 19 heavy (non-hydrogen) atoms. The van der Waals surface area contributed by atoms with Crippen LogP contribution in [0.3, 0.4) is 0 Å². The second kappa shape index (κ2) is 6.19. The number of carbonyl (C=O) groups is 2. The van der Waals surface area contributed by atoms with Gasteiger partial charge in [0.25, 0.3) is 0 Å². The van der Waals surface area contributed by atoms with E-state index in [0.717, 1.165) is 5.56 Å². The Morgan fingerprint density at radius 1 is 1.05 bits per heavy atom. The van der Waals surface area contributed by atoms with Gasteiger partial charge >= 0.3 is 11.9 Å². The van der Waals surface area contributed by atoms with Crippen LogP contribution in [-0.2, 0) is 16.1 Å². The first-order chi connectivity index (χ1) is 8.79. The van der Waals surface area contributed by atoms with Crippen LogP contribution in [0.4, 0.5) is 0 Å². The molecule has 1 aromatic carbocycles. The van der Waals surface area contributed by atoms with Crippen molar-refractivity contribution >= 4 is 11.9 Å². The van der Waals surface area contributed by atoms with E-state index in [0.29, 0.717) is 11.1 Å². The minimum Gasteiger partial charge on any atom is -0.507 e. The van der Waals surface area contributed by atoms with Crippen molar-refractivity contribution in [3.63, 3.8) is 0 Å². The summed E-state index contributed by atoms with van der Waals surface area (Å²) in [5.41, 5.74) is 2.14. The van der Waals surface area contributed by atoms with Gasteiger partial charge < -0.3 is 15.3 Å². The van der Waals surface area contributed by atoms with Gasteiger partial charge in [0.1, 0.15) is 5.75 Å². The van der Waals surface area contributed by atoms with Gasteiger partial charge in [-0.2, -0.15) is 0 Å². The Bertz CT molecular complexity index is 459. The molecular formula is C13H17NO5. The quantitative estimate of drug-likeness (QED) is 0.710. The van der Waals surface area contributed by atoms with Crippen molar-refractivity contribution in [1.29, 1.82) is 0 Å². The number of phenols is 1. The number of hydrogen-bond donors (Lipinski definition) is 3. The first kappa shape index (κ1) is 15.0. The second-order valence-corrected chi connectivity index (χ2v) is 4.51. The average molecular weight is 267 g/mol. The van der Waals surface area contributed by atoms with Gasteiger partial charge in [-0.05, 0) is 30.5 Å². The number of nitrogens with zero attached hydrogens (tertiary/aromatic N) is 1. The zero-order chi connectivity index (χ0) is 14.6. The normalized spacial score (nSPS) is 10.7. The first-order valence-corrected chi connectivity index (χ1v) is 5.74. The Hall–Kier alpha value is -2.08. The maximum Gasteiger partial charge on any atom is 0.317 e. The van der Waals surface area contributed by atoms with E-state index in [1.54, 1.807) is 26.0 Å². The van der Waals surface area contributed by atoms with E-state index in [4.69, 9.17) is 10.2 Å². The van der Waals surface area contributed by atoms with Gasteiger partial charge in [0, 0.05) is 6.54 Å². The van der Waals surface area contributed by atoms with Crippen LogP contribution in [0.2, 0.25) is 0 Å². The van der Waals surface area contributed by atoms with Crippen LogP contribution in [0.1, 0.15) is 16.7 Å². The summed E-state index contributed by atoms with van der Waals surface area (Å²) < 4.78 is 0. The van der Waals surface area contributed by atoms with E-state index >= 15 is 0 Å². The molecule has 3 N–H and O–H groups in total. The van der Waals surface area contributed by atoms with E-state index in [-0.39, 0.29) is 25.4 Å². The SMILES string of the molecule is Cc1cc(CN(CC(=O)O)CC(=O)O)cc(C)c1O. The molecule has 0 amide bonds. The lowest BCUT2D eigenvalue weighted by Crippen LogP contribution is -2.34. The summed E-state index contributed by atoms with van der Waals surface area (Å²) in [6.07, 6.45) is 0. The van der Waals surface area contributed by atoms with Crippen molar-refractivity contribution in [2.75, 3.05) is 13.1 Å². The molecule has 0 aliphatic rings. The lowest BCUT2D eigenvalue weighted by atomic mass is 10.1. The van der Waals surface area contributed by atoms with E-state index in [2.05, 4.69) is 0 Å². The Morgan fingerprint density at radius 2 is 1.47 bits per heavy atom. The summed E-state index contributed by atoms with van der Waals surface area (Å²) in [4.78, 5) is 22.7. The molecule has 0 saturated carbocycles. The molecule has 6 nitrogen and oxygen atoms in total. The van der Waals surface area contributed by atoms with E-state index in [9.17, 15) is 14.7 Å². The van der Waals surface area contributed by atoms with Gasteiger partial charge in [0.15, 0.2) is 0 Å². The van der Waals surface area contributed by atoms with E-state index in [1.807, 2.05) is 0 Å². The Labute approximate surface area is 110 Å². The topological polar surface area (TPSA) is 98.1 Å². The number of carboxylic acids is 2. The summed E-state index contributed by atoms with van der Waals surface area (Å²) in [6, 6.07) is 3.44. The van der Waals surface area contributed by atoms with Gasteiger partial charge in [-0.25, -0.2) is 0 Å². The monoisotopic (exact) mass is 267 g/mol. The summed E-state index contributed by atoms with van der Waals surface area (Å²) >= 11 is 0. The highest BCUT2D eigenvalue weighted by atomic mass is 16.4. The van der Waals surface area contributed by atoms with Crippen molar-refractivity contribution in [1.82, 2.24) is 4.90 Å². The average Bonchev–Trinajstić information content (AvgIpc) is 2.23. The molecule has 1 aromatic rings. The predicted octanol–water partition coefficient (Wildman–Crippen LogP) is 0.980. The van der Waals surface area contributed by atoms with E-state index < -0.39 is 11.9 Å². The third kappa shape index (κ3) is 4.59. The lowest BCUT2D eigenvalue weighted by Gasteiger charge is -2.19. The molecule has 0 unspecified atom stereocenters. The number of rotatable bonds is 6. The second-order valence-electron chi connectivity index (χ2n) is 4.51. The molecule has 6 heteroatoms. The Morgan fingerprint density at radius 3 is 1.84 bits per heavy atom. The fourth-order valence-electron chi connectivity index (χ4n) is 1.95. The molecule has 0 atom stereocenters. The molecule has 0 aromatic heterocycles. The minimum absolute atomic E-state index is 0.201. The predicted molar refractivity (Wildman–Crippen MR) is 68.1 cm³/mol. The maximum atomic E-state index is 10.7. The number of benzene rings is 1. The molecule has 0 fully saturated rings. The Kier molecular flexibility index (Phi) is 4.88. The molecule has 104 valence electrons. The maximum absolute atomic E-state index is 10.7. The number of aryl methyl sites for hydroxylation is 2. The molecule has 0 aliphatic carbocycles. The largest absolute Gasteiger partial charge is 0.507 e. The number of aliphatic carboxylic acids is 2. The number of hydrogen-bond acceptors (Lipinski definition) is 4. The third-order valence-corrected chi connectivity index (χ3v) is 2.67. The molecular weight excluding hydrogens is 250 g/mol. The van der Waals surface area contributed by atoms with Crippen molar-refractivity contribution in [2.45, 2.75) is 20.4 Å². The van der Waals surface area contributed by atoms with Gasteiger partial charge in [0.05, 0.1) is 13.1 Å². The first-order valence-electron chi connectivity index (χ1n) is 5.74. The highest BCUT2D eigenvalue weighted by molar-refractivity contribution is 5.72. The minimum atomic E-state index is -1.08. The van der Waals surface area contributed by atoms with Crippen molar-refractivity contribution in [3.8, 4) is 5.75 Å². The molecule has 0 aliphatic heterocycles.